The largest absolute Gasteiger partial charge is 0.497 e. The van der Waals surface area contributed by atoms with Gasteiger partial charge in [-0.15, -0.1) is 0 Å². The standard InChI is InChI=1S/C26H36O5/c1-9-31-24(27)15-20(11-18-12-21(28-6)16-22(13-18)29-7)19-10-17(2)25(30-8)23(14-19)26(3,4)5/h10,12-14,16,20H,9,11,15H2,1-8H3. The van der Waals surface area contributed by atoms with Crippen molar-refractivity contribution in [2.24, 2.45) is 0 Å². The van der Waals surface area contributed by atoms with Crippen LogP contribution in [0.15, 0.2) is 30.3 Å². The Balaban J connectivity index is 2.55. The Morgan fingerprint density at radius 2 is 1.55 bits per heavy atom. The fourth-order valence-corrected chi connectivity index (χ4v) is 3.86. The van der Waals surface area contributed by atoms with E-state index < -0.39 is 0 Å². The third kappa shape index (κ3) is 6.39. The maximum Gasteiger partial charge on any atom is 0.306 e. The summed E-state index contributed by atoms with van der Waals surface area (Å²) in [6.45, 7) is 10.8. The quantitative estimate of drug-likeness (QED) is 0.487. The molecule has 0 fully saturated rings. The third-order valence-electron chi connectivity index (χ3n) is 5.39. The van der Waals surface area contributed by atoms with E-state index >= 15 is 0 Å². The van der Waals surface area contributed by atoms with Crippen LogP contribution in [0.25, 0.3) is 0 Å². The Morgan fingerprint density at radius 3 is 2.03 bits per heavy atom. The molecule has 170 valence electrons. The molecule has 0 aliphatic rings. The number of rotatable bonds is 9. The van der Waals surface area contributed by atoms with Crippen LogP contribution >= 0.6 is 0 Å². The van der Waals surface area contributed by atoms with E-state index in [0.717, 1.165) is 39.5 Å². The molecule has 0 N–H and O–H groups in total. The summed E-state index contributed by atoms with van der Waals surface area (Å²) in [6.07, 6.45) is 0.949. The monoisotopic (exact) mass is 428 g/mol. The van der Waals surface area contributed by atoms with Gasteiger partial charge in [0.15, 0.2) is 0 Å². The lowest BCUT2D eigenvalue weighted by molar-refractivity contribution is -0.143. The van der Waals surface area contributed by atoms with E-state index in [1.54, 1.807) is 21.3 Å². The molecule has 31 heavy (non-hydrogen) atoms. The Bertz CT molecular complexity index is 873. The summed E-state index contributed by atoms with van der Waals surface area (Å²) in [4.78, 5) is 12.5. The molecule has 0 radical (unpaired) electrons. The summed E-state index contributed by atoms with van der Waals surface area (Å²) in [6, 6.07) is 10.1. The minimum absolute atomic E-state index is 0.0541. The van der Waals surface area contributed by atoms with E-state index in [9.17, 15) is 4.79 Å². The van der Waals surface area contributed by atoms with Gasteiger partial charge in [-0.05, 0) is 60.4 Å². The first kappa shape index (κ1) is 24.6. The fraction of sp³-hybridized carbons (Fsp3) is 0.500. The first-order valence-corrected chi connectivity index (χ1v) is 10.7. The zero-order valence-corrected chi connectivity index (χ0v) is 20.1. The molecule has 0 saturated carbocycles. The number of ether oxygens (including phenoxy) is 4. The van der Waals surface area contributed by atoms with E-state index in [-0.39, 0.29) is 17.3 Å². The van der Waals surface area contributed by atoms with Crippen molar-refractivity contribution in [2.75, 3.05) is 27.9 Å². The van der Waals surface area contributed by atoms with Crippen LogP contribution < -0.4 is 14.2 Å². The highest BCUT2D eigenvalue weighted by Crippen LogP contribution is 2.38. The van der Waals surface area contributed by atoms with Gasteiger partial charge >= 0.3 is 5.97 Å². The van der Waals surface area contributed by atoms with Crippen LogP contribution in [0.5, 0.6) is 17.2 Å². The molecular weight excluding hydrogens is 392 g/mol. The number of hydrogen-bond donors (Lipinski definition) is 0. The van der Waals surface area contributed by atoms with E-state index in [1.807, 2.05) is 32.0 Å². The van der Waals surface area contributed by atoms with Crippen molar-refractivity contribution in [3.8, 4) is 17.2 Å². The second kappa shape index (κ2) is 10.6. The van der Waals surface area contributed by atoms with Crippen LogP contribution in [0.1, 0.15) is 62.3 Å². The predicted octanol–water partition coefficient (Wildman–Crippen LogP) is 5.60. The van der Waals surface area contributed by atoms with Gasteiger partial charge in [0.1, 0.15) is 17.2 Å². The van der Waals surface area contributed by atoms with Gasteiger partial charge in [-0.2, -0.15) is 0 Å². The molecule has 5 nitrogen and oxygen atoms in total. The summed E-state index contributed by atoms with van der Waals surface area (Å²) < 4.78 is 21.9. The molecule has 0 aromatic heterocycles. The molecule has 1 unspecified atom stereocenters. The van der Waals surface area contributed by atoms with Crippen LogP contribution in [0, 0.1) is 6.92 Å². The number of methoxy groups -OCH3 is 3. The van der Waals surface area contributed by atoms with Gasteiger partial charge in [0.25, 0.3) is 0 Å². The van der Waals surface area contributed by atoms with Gasteiger partial charge < -0.3 is 18.9 Å². The lowest BCUT2D eigenvalue weighted by Gasteiger charge is -2.27. The predicted molar refractivity (Wildman–Crippen MR) is 124 cm³/mol. The first-order chi connectivity index (χ1) is 14.6. The Morgan fingerprint density at radius 1 is 0.935 bits per heavy atom. The van der Waals surface area contributed by atoms with Crippen molar-refractivity contribution in [3.63, 3.8) is 0 Å². The molecule has 0 amide bonds. The van der Waals surface area contributed by atoms with Gasteiger partial charge in [0, 0.05) is 11.6 Å². The van der Waals surface area contributed by atoms with Gasteiger partial charge in [-0.1, -0.05) is 32.9 Å². The highest BCUT2D eigenvalue weighted by Gasteiger charge is 2.25. The van der Waals surface area contributed by atoms with Crippen molar-refractivity contribution < 1.29 is 23.7 Å². The van der Waals surface area contributed by atoms with Crippen molar-refractivity contribution in [1.82, 2.24) is 0 Å². The van der Waals surface area contributed by atoms with E-state index in [4.69, 9.17) is 18.9 Å². The average Bonchev–Trinajstić information content (AvgIpc) is 2.71. The SMILES string of the molecule is CCOC(=O)CC(Cc1cc(OC)cc(OC)c1)c1cc(C)c(OC)c(C(C)(C)C)c1. The van der Waals surface area contributed by atoms with Gasteiger partial charge in [0.05, 0.1) is 34.4 Å². The zero-order valence-electron chi connectivity index (χ0n) is 20.1. The second-order valence-electron chi connectivity index (χ2n) is 8.80. The van der Waals surface area contributed by atoms with Crippen molar-refractivity contribution >= 4 is 5.97 Å². The molecule has 2 aromatic rings. The number of benzene rings is 2. The molecule has 0 aliphatic heterocycles. The number of aryl methyl sites for hydroxylation is 1. The highest BCUT2D eigenvalue weighted by molar-refractivity contribution is 5.71. The van der Waals surface area contributed by atoms with Crippen molar-refractivity contribution in [1.29, 1.82) is 0 Å². The van der Waals surface area contributed by atoms with E-state index in [0.29, 0.717) is 19.4 Å². The number of carbonyl (C=O) groups is 1. The van der Waals surface area contributed by atoms with Gasteiger partial charge in [-0.25, -0.2) is 0 Å². The Kier molecular flexibility index (Phi) is 8.37. The number of carbonyl (C=O) groups excluding carboxylic acids is 1. The molecule has 1 atom stereocenters. The smallest absolute Gasteiger partial charge is 0.306 e. The lowest BCUT2D eigenvalue weighted by Crippen LogP contribution is -2.17. The van der Waals surface area contributed by atoms with Crippen LogP contribution in [0.4, 0.5) is 0 Å². The fourth-order valence-electron chi connectivity index (χ4n) is 3.86. The van der Waals surface area contributed by atoms with Crippen LogP contribution in [-0.4, -0.2) is 33.9 Å². The van der Waals surface area contributed by atoms with Crippen LogP contribution in [0.3, 0.4) is 0 Å². The minimum atomic E-state index is -0.201. The normalized spacial score (nSPS) is 12.3. The highest BCUT2D eigenvalue weighted by atomic mass is 16.5. The molecule has 0 aliphatic carbocycles. The van der Waals surface area contributed by atoms with E-state index in [2.05, 4.69) is 32.9 Å². The molecule has 2 aromatic carbocycles. The summed E-state index contributed by atoms with van der Waals surface area (Å²) in [5.41, 5.74) is 4.22. The molecule has 0 saturated heterocycles. The van der Waals surface area contributed by atoms with Crippen molar-refractivity contribution in [3.05, 3.63) is 52.6 Å². The van der Waals surface area contributed by atoms with E-state index in [1.165, 1.54) is 0 Å². The Hall–Kier alpha value is -2.69. The molecule has 0 heterocycles. The number of esters is 1. The summed E-state index contributed by atoms with van der Waals surface area (Å²) in [7, 11) is 4.98. The second-order valence-corrected chi connectivity index (χ2v) is 8.80. The van der Waals surface area contributed by atoms with Gasteiger partial charge in [0.2, 0.25) is 0 Å². The molecule has 0 bridgehead atoms. The maximum atomic E-state index is 12.5. The number of hydrogen-bond acceptors (Lipinski definition) is 5. The van der Waals surface area contributed by atoms with Crippen LogP contribution in [0.2, 0.25) is 0 Å². The first-order valence-electron chi connectivity index (χ1n) is 10.7. The lowest BCUT2D eigenvalue weighted by atomic mass is 9.80. The molecular formula is C26H36O5. The molecule has 2 rings (SSSR count). The maximum absolute atomic E-state index is 12.5. The third-order valence-corrected chi connectivity index (χ3v) is 5.39. The minimum Gasteiger partial charge on any atom is -0.497 e. The molecule has 0 spiro atoms. The van der Waals surface area contributed by atoms with Crippen molar-refractivity contribution in [2.45, 2.75) is 58.8 Å². The summed E-state index contributed by atoms with van der Waals surface area (Å²) >= 11 is 0. The molecule has 5 heteroatoms. The topological polar surface area (TPSA) is 54.0 Å². The zero-order chi connectivity index (χ0) is 23.2. The summed E-state index contributed by atoms with van der Waals surface area (Å²) in [5, 5.41) is 0. The van der Waals surface area contributed by atoms with Crippen LogP contribution in [-0.2, 0) is 21.4 Å². The average molecular weight is 429 g/mol. The summed E-state index contributed by atoms with van der Waals surface area (Å²) in [5.74, 6) is 2.10. The Labute approximate surface area is 186 Å². The van der Waals surface area contributed by atoms with Gasteiger partial charge in [-0.3, -0.25) is 4.79 Å².